The summed E-state index contributed by atoms with van der Waals surface area (Å²) >= 11 is 6.09. The van der Waals surface area contributed by atoms with Crippen molar-refractivity contribution < 1.29 is 0 Å². The number of allylic oxidation sites excluding steroid dienone is 2. The third-order valence-electron chi connectivity index (χ3n) is 4.98. The van der Waals surface area contributed by atoms with E-state index in [0.717, 1.165) is 11.1 Å². The minimum absolute atomic E-state index is 0.0266. The molecule has 2 aromatic rings. The lowest BCUT2D eigenvalue weighted by atomic mass is 9.86. The fourth-order valence-electron chi connectivity index (χ4n) is 4.10. The third-order valence-corrected chi connectivity index (χ3v) is 5.21. The average molecular weight is 377 g/mol. The lowest BCUT2D eigenvalue weighted by molar-refractivity contribution is 0.507. The molecule has 1 aliphatic heterocycles. The van der Waals surface area contributed by atoms with E-state index in [9.17, 15) is 5.26 Å². The van der Waals surface area contributed by atoms with E-state index in [-0.39, 0.29) is 5.54 Å². The molecule has 0 bridgehead atoms. The van der Waals surface area contributed by atoms with Gasteiger partial charge in [-0.15, -0.1) is 0 Å². The molecule has 2 aromatic carbocycles. The fraction of sp³-hybridized carbons (Fsp3) is 0.292. The third kappa shape index (κ3) is 3.80. The van der Waals surface area contributed by atoms with Gasteiger partial charge in [0.25, 0.3) is 0 Å². The van der Waals surface area contributed by atoms with Crippen LogP contribution in [0.4, 0.5) is 5.69 Å². The molecule has 0 aliphatic carbocycles. The number of hydrogen-bond donors (Lipinski definition) is 0. The van der Waals surface area contributed by atoms with Gasteiger partial charge in [-0.1, -0.05) is 35.9 Å². The zero-order valence-electron chi connectivity index (χ0n) is 16.5. The molecule has 3 rings (SSSR count). The second-order valence-corrected chi connectivity index (χ2v) is 8.34. The summed E-state index contributed by atoms with van der Waals surface area (Å²) in [6.45, 7) is 11.1. The largest absolute Gasteiger partial charge is 0.360 e. The quantitative estimate of drug-likeness (QED) is 0.434. The number of halogens is 1. The Hall–Kier alpha value is -2.50. The van der Waals surface area contributed by atoms with Crippen LogP contribution in [0.1, 0.15) is 51.3 Å². The molecular weight excluding hydrogens is 352 g/mol. The highest BCUT2D eigenvalue weighted by Gasteiger charge is 2.32. The first-order valence-electron chi connectivity index (χ1n) is 9.24. The fourth-order valence-corrected chi connectivity index (χ4v) is 4.29. The molecule has 0 saturated carbocycles. The number of nitrogens with zero attached hydrogens (tertiary/aromatic N) is 2. The molecule has 1 heterocycles. The van der Waals surface area contributed by atoms with Crippen molar-refractivity contribution in [3.05, 3.63) is 70.3 Å². The van der Waals surface area contributed by atoms with Gasteiger partial charge >= 0.3 is 0 Å². The zero-order valence-corrected chi connectivity index (χ0v) is 17.3. The molecule has 0 saturated heterocycles. The topological polar surface area (TPSA) is 27.0 Å². The minimum Gasteiger partial charge on any atom is -0.360 e. The maximum atomic E-state index is 9.62. The molecule has 27 heavy (non-hydrogen) atoms. The summed E-state index contributed by atoms with van der Waals surface area (Å²) in [6.07, 6.45) is 4.25. The summed E-state index contributed by atoms with van der Waals surface area (Å²) in [5.41, 5.74) is 6.16. The molecule has 138 valence electrons. The van der Waals surface area contributed by atoms with Crippen molar-refractivity contribution in [3.63, 3.8) is 0 Å². The first-order chi connectivity index (χ1) is 12.7. The standard InChI is InChI=1S/C24H25ClN2/c1-16(2)27-23-10-9-18(12-22(23)17(3)14-24(27,4)5)11-20(15-26)19-7-6-8-21(25)13-19/h6-14,16H,1-5H3/b20-11-. The maximum Gasteiger partial charge on any atom is 0.0998 e. The van der Waals surface area contributed by atoms with Crippen molar-refractivity contribution in [2.75, 3.05) is 4.90 Å². The molecule has 0 amide bonds. The lowest BCUT2D eigenvalue weighted by Crippen LogP contribution is -2.49. The Labute approximate surface area is 167 Å². The van der Waals surface area contributed by atoms with E-state index < -0.39 is 0 Å². The lowest BCUT2D eigenvalue weighted by Gasteiger charge is -2.46. The molecule has 2 nitrogen and oxygen atoms in total. The van der Waals surface area contributed by atoms with Crippen molar-refractivity contribution in [2.45, 2.75) is 46.2 Å². The van der Waals surface area contributed by atoms with Crippen LogP contribution in [-0.2, 0) is 0 Å². The highest BCUT2D eigenvalue weighted by molar-refractivity contribution is 6.30. The molecule has 0 atom stereocenters. The van der Waals surface area contributed by atoms with Crippen LogP contribution in [0.15, 0.2) is 48.5 Å². The van der Waals surface area contributed by atoms with E-state index in [0.29, 0.717) is 16.6 Å². The van der Waals surface area contributed by atoms with Gasteiger partial charge in [0.15, 0.2) is 0 Å². The van der Waals surface area contributed by atoms with Crippen LogP contribution in [0.2, 0.25) is 5.02 Å². The van der Waals surface area contributed by atoms with Gasteiger partial charge in [0, 0.05) is 22.3 Å². The first-order valence-corrected chi connectivity index (χ1v) is 9.61. The van der Waals surface area contributed by atoms with Crippen LogP contribution in [0.3, 0.4) is 0 Å². The van der Waals surface area contributed by atoms with Gasteiger partial charge in [-0.05, 0) is 81.7 Å². The second kappa shape index (κ2) is 7.25. The summed E-state index contributed by atoms with van der Waals surface area (Å²) < 4.78 is 0. The number of anilines is 1. The Morgan fingerprint density at radius 2 is 1.93 bits per heavy atom. The summed E-state index contributed by atoms with van der Waals surface area (Å²) in [7, 11) is 0. The van der Waals surface area contributed by atoms with Gasteiger partial charge in [0.05, 0.1) is 17.2 Å². The van der Waals surface area contributed by atoms with Gasteiger partial charge in [0.1, 0.15) is 0 Å². The van der Waals surface area contributed by atoms with Crippen molar-refractivity contribution in [1.29, 1.82) is 5.26 Å². The average Bonchev–Trinajstić information content (AvgIpc) is 2.59. The number of fused-ring (bicyclic) bond motifs is 1. The number of benzene rings is 2. The molecule has 1 aliphatic rings. The molecule has 0 unspecified atom stereocenters. The Morgan fingerprint density at radius 1 is 1.19 bits per heavy atom. The molecule has 3 heteroatoms. The molecule has 0 radical (unpaired) electrons. The van der Waals surface area contributed by atoms with Crippen LogP contribution < -0.4 is 4.90 Å². The molecule has 0 aromatic heterocycles. The predicted octanol–water partition coefficient (Wildman–Crippen LogP) is 6.81. The van der Waals surface area contributed by atoms with E-state index in [1.54, 1.807) is 0 Å². The Balaban J connectivity index is 2.09. The molecular formula is C24H25ClN2. The van der Waals surface area contributed by atoms with Crippen LogP contribution in [-0.4, -0.2) is 11.6 Å². The van der Waals surface area contributed by atoms with Crippen molar-refractivity contribution in [3.8, 4) is 6.07 Å². The van der Waals surface area contributed by atoms with Crippen LogP contribution in [0.25, 0.3) is 17.2 Å². The van der Waals surface area contributed by atoms with E-state index in [1.165, 1.54) is 16.8 Å². The van der Waals surface area contributed by atoms with Crippen LogP contribution >= 0.6 is 11.6 Å². The summed E-state index contributed by atoms with van der Waals surface area (Å²) in [5.74, 6) is 0. The smallest absolute Gasteiger partial charge is 0.0998 e. The van der Waals surface area contributed by atoms with Crippen molar-refractivity contribution in [1.82, 2.24) is 0 Å². The van der Waals surface area contributed by atoms with Crippen molar-refractivity contribution >= 4 is 34.5 Å². The Kier molecular flexibility index (Phi) is 5.18. The monoisotopic (exact) mass is 376 g/mol. The minimum atomic E-state index is -0.0266. The van der Waals surface area contributed by atoms with Gasteiger partial charge in [-0.25, -0.2) is 0 Å². The van der Waals surface area contributed by atoms with Crippen LogP contribution in [0, 0.1) is 11.3 Å². The van der Waals surface area contributed by atoms with E-state index in [4.69, 9.17) is 11.6 Å². The van der Waals surface area contributed by atoms with E-state index in [2.05, 4.69) is 69.9 Å². The normalized spacial score (nSPS) is 16.0. The molecule has 0 fully saturated rings. The summed E-state index contributed by atoms with van der Waals surface area (Å²) in [4.78, 5) is 2.45. The van der Waals surface area contributed by atoms with E-state index >= 15 is 0 Å². The highest BCUT2D eigenvalue weighted by Crippen LogP contribution is 2.40. The first kappa shape index (κ1) is 19.3. The van der Waals surface area contributed by atoms with Crippen molar-refractivity contribution in [2.24, 2.45) is 0 Å². The number of rotatable bonds is 3. The van der Waals surface area contributed by atoms with E-state index in [1.807, 2.05) is 30.3 Å². The Bertz CT molecular complexity index is 974. The van der Waals surface area contributed by atoms with Crippen LogP contribution in [0.5, 0.6) is 0 Å². The predicted molar refractivity (Wildman–Crippen MR) is 117 cm³/mol. The molecule has 0 spiro atoms. The number of hydrogen-bond acceptors (Lipinski definition) is 2. The summed E-state index contributed by atoms with van der Waals surface area (Å²) in [5, 5.41) is 10.3. The highest BCUT2D eigenvalue weighted by atomic mass is 35.5. The summed E-state index contributed by atoms with van der Waals surface area (Å²) in [6, 6.07) is 16.5. The maximum absolute atomic E-state index is 9.62. The second-order valence-electron chi connectivity index (χ2n) is 7.90. The van der Waals surface area contributed by atoms with Gasteiger partial charge < -0.3 is 4.90 Å². The Morgan fingerprint density at radius 3 is 2.56 bits per heavy atom. The zero-order chi connectivity index (χ0) is 19.8. The molecule has 0 N–H and O–H groups in total. The van der Waals surface area contributed by atoms with Gasteiger partial charge in [-0.3, -0.25) is 0 Å². The van der Waals surface area contributed by atoms with Gasteiger partial charge in [-0.2, -0.15) is 5.26 Å². The number of nitriles is 1. The van der Waals surface area contributed by atoms with Gasteiger partial charge in [0.2, 0.25) is 0 Å². The SMILES string of the molecule is CC1=CC(C)(C)N(C(C)C)c2ccc(/C=C(/C#N)c3cccc(Cl)c3)cc21.